The second-order valence-corrected chi connectivity index (χ2v) is 6.50. The lowest BCUT2D eigenvalue weighted by Crippen LogP contribution is -2.43. The molecule has 2 fully saturated rings. The molecule has 2 aliphatic carbocycles. The van der Waals surface area contributed by atoms with Gasteiger partial charge in [0.05, 0.1) is 7.11 Å². The number of aryl methyl sites for hydroxylation is 1. The van der Waals surface area contributed by atoms with Gasteiger partial charge in [-0.1, -0.05) is 18.6 Å². The van der Waals surface area contributed by atoms with Crippen molar-refractivity contribution in [3.63, 3.8) is 0 Å². The molecular formula is C17H26N2O. The van der Waals surface area contributed by atoms with Crippen LogP contribution in [0, 0.1) is 17.8 Å². The highest BCUT2D eigenvalue weighted by atomic mass is 16.5. The number of benzene rings is 1. The molecule has 3 nitrogen and oxygen atoms in total. The van der Waals surface area contributed by atoms with E-state index in [0.29, 0.717) is 6.04 Å². The van der Waals surface area contributed by atoms with Gasteiger partial charge in [-0.05, 0) is 67.6 Å². The minimum atomic E-state index is 0.479. The average Bonchev–Trinajstić information content (AvgIpc) is 3.11. The number of hydrogen-bond donors (Lipinski definition) is 2. The van der Waals surface area contributed by atoms with Crippen molar-refractivity contribution in [2.45, 2.75) is 44.6 Å². The highest BCUT2D eigenvalue weighted by Gasteiger charge is 2.42. The molecule has 0 spiro atoms. The fraction of sp³-hybridized carbons (Fsp3) is 0.647. The molecule has 3 rings (SSSR count). The molecule has 0 aromatic heterocycles. The molecule has 0 amide bonds. The van der Waals surface area contributed by atoms with Crippen molar-refractivity contribution in [1.82, 2.24) is 5.43 Å². The van der Waals surface area contributed by atoms with Crippen LogP contribution in [-0.2, 0) is 6.42 Å². The van der Waals surface area contributed by atoms with E-state index in [0.717, 1.165) is 36.3 Å². The van der Waals surface area contributed by atoms with Crippen LogP contribution < -0.4 is 16.0 Å². The van der Waals surface area contributed by atoms with Gasteiger partial charge in [0, 0.05) is 6.04 Å². The van der Waals surface area contributed by atoms with Crippen molar-refractivity contribution in [2.24, 2.45) is 23.6 Å². The molecule has 2 aliphatic rings. The third-order valence-corrected chi connectivity index (χ3v) is 5.43. The predicted octanol–water partition coefficient (Wildman–Crippen LogP) is 2.90. The van der Waals surface area contributed by atoms with Gasteiger partial charge in [-0.2, -0.15) is 0 Å². The Morgan fingerprint density at radius 2 is 2.05 bits per heavy atom. The minimum Gasteiger partial charge on any atom is -0.497 e. The van der Waals surface area contributed by atoms with E-state index in [2.05, 4.69) is 17.6 Å². The maximum Gasteiger partial charge on any atom is 0.118 e. The zero-order chi connectivity index (χ0) is 13.9. The SMILES string of the molecule is COc1ccc(CCC(NN)C2CC3CCC2C3)cc1. The minimum absolute atomic E-state index is 0.479. The van der Waals surface area contributed by atoms with Gasteiger partial charge in [0.15, 0.2) is 0 Å². The number of hydrazine groups is 1. The number of methoxy groups -OCH3 is 1. The topological polar surface area (TPSA) is 47.3 Å². The van der Waals surface area contributed by atoms with E-state index in [9.17, 15) is 0 Å². The van der Waals surface area contributed by atoms with Crippen molar-refractivity contribution in [3.05, 3.63) is 29.8 Å². The van der Waals surface area contributed by atoms with E-state index in [-0.39, 0.29) is 0 Å². The third-order valence-electron chi connectivity index (χ3n) is 5.43. The second kappa shape index (κ2) is 6.15. The standard InChI is InChI=1S/C17H26N2O/c1-20-15-7-3-12(4-8-15)5-9-17(19-18)16-11-13-2-6-14(16)10-13/h3-4,7-8,13-14,16-17,19H,2,5-6,9-11,18H2,1H3. The highest BCUT2D eigenvalue weighted by Crippen LogP contribution is 2.49. The highest BCUT2D eigenvalue weighted by molar-refractivity contribution is 5.27. The predicted molar refractivity (Wildman–Crippen MR) is 81.4 cm³/mol. The van der Waals surface area contributed by atoms with Crippen LogP contribution in [0.5, 0.6) is 5.75 Å². The number of nitrogens with one attached hydrogen (secondary N) is 1. The van der Waals surface area contributed by atoms with Gasteiger partial charge in [0.25, 0.3) is 0 Å². The quantitative estimate of drug-likeness (QED) is 0.619. The summed E-state index contributed by atoms with van der Waals surface area (Å²) in [6.45, 7) is 0. The summed E-state index contributed by atoms with van der Waals surface area (Å²) in [5, 5.41) is 0. The molecule has 1 aromatic carbocycles. The number of rotatable bonds is 6. The summed E-state index contributed by atoms with van der Waals surface area (Å²) in [4.78, 5) is 0. The lowest BCUT2D eigenvalue weighted by Gasteiger charge is -2.30. The maximum atomic E-state index is 5.82. The smallest absolute Gasteiger partial charge is 0.118 e. The van der Waals surface area contributed by atoms with E-state index in [1.54, 1.807) is 7.11 Å². The zero-order valence-corrected chi connectivity index (χ0v) is 12.3. The molecule has 4 atom stereocenters. The average molecular weight is 274 g/mol. The van der Waals surface area contributed by atoms with Crippen LogP contribution in [0.2, 0.25) is 0 Å². The van der Waals surface area contributed by atoms with Crippen LogP contribution in [0.15, 0.2) is 24.3 Å². The maximum absolute atomic E-state index is 5.82. The van der Waals surface area contributed by atoms with Crippen molar-refractivity contribution in [1.29, 1.82) is 0 Å². The molecule has 20 heavy (non-hydrogen) atoms. The van der Waals surface area contributed by atoms with Crippen molar-refractivity contribution < 1.29 is 4.74 Å². The molecule has 110 valence electrons. The first-order chi connectivity index (χ1) is 9.80. The Bertz CT molecular complexity index is 431. The molecule has 2 saturated carbocycles. The Balaban J connectivity index is 1.55. The Hall–Kier alpha value is -1.06. The summed E-state index contributed by atoms with van der Waals surface area (Å²) in [7, 11) is 1.71. The van der Waals surface area contributed by atoms with Gasteiger partial charge in [-0.25, -0.2) is 0 Å². The molecule has 0 aliphatic heterocycles. The fourth-order valence-electron chi connectivity index (χ4n) is 4.32. The monoisotopic (exact) mass is 274 g/mol. The number of hydrogen-bond acceptors (Lipinski definition) is 3. The fourth-order valence-corrected chi connectivity index (χ4v) is 4.32. The Kier molecular flexibility index (Phi) is 4.27. The number of fused-ring (bicyclic) bond motifs is 2. The van der Waals surface area contributed by atoms with E-state index in [1.165, 1.54) is 31.2 Å². The first-order valence-electron chi connectivity index (χ1n) is 7.89. The molecule has 0 heterocycles. The number of ether oxygens (including phenoxy) is 1. The largest absolute Gasteiger partial charge is 0.497 e. The van der Waals surface area contributed by atoms with Gasteiger partial charge in [-0.15, -0.1) is 0 Å². The summed E-state index contributed by atoms with van der Waals surface area (Å²) < 4.78 is 5.20. The molecular weight excluding hydrogens is 248 g/mol. The summed E-state index contributed by atoms with van der Waals surface area (Å²) in [6.07, 6.45) is 7.95. The van der Waals surface area contributed by atoms with Crippen LogP contribution in [0.4, 0.5) is 0 Å². The van der Waals surface area contributed by atoms with Gasteiger partial charge in [0.2, 0.25) is 0 Å². The third kappa shape index (κ3) is 2.84. The summed E-state index contributed by atoms with van der Waals surface area (Å²) in [6, 6.07) is 8.88. The van der Waals surface area contributed by atoms with E-state index in [1.807, 2.05) is 12.1 Å². The first-order valence-corrected chi connectivity index (χ1v) is 7.89. The number of nitrogens with two attached hydrogens (primary N) is 1. The normalized spacial score (nSPS) is 29.6. The molecule has 0 saturated heterocycles. The molecule has 1 aromatic rings. The molecule has 0 radical (unpaired) electrons. The zero-order valence-electron chi connectivity index (χ0n) is 12.3. The van der Waals surface area contributed by atoms with Gasteiger partial charge >= 0.3 is 0 Å². The van der Waals surface area contributed by atoms with E-state index >= 15 is 0 Å². The summed E-state index contributed by atoms with van der Waals surface area (Å²) in [5.74, 6) is 9.47. The molecule has 3 heteroatoms. The molecule has 4 unspecified atom stereocenters. The Morgan fingerprint density at radius 3 is 2.60 bits per heavy atom. The Labute approximate surface area is 121 Å². The van der Waals surface area contributed by atoms with Crippen molar-refractivity contribution in [3.8, 4) is 5.75 Å². The lowest BCUT2D eigenvalue weighted by atomic mass is 9.81. The van der Waals surface area contributed by atoms with Crippen LogP contribution in [0.1, 0.15) is 37.7 Å². The Morgan fingerprint density at radius 1 is 1.25 bits per heavy atom. The van der Waals surface area contributed by atoms with Gasteiger partial charge < -0.3 is 4.74 Å². The lowest BCUT2D eigenvalue weighted by molar-refractivity contribution is 0.240. The molecule has 2 bridgehead atoms. The van der Waals surface area contributed by atoms with Crippen molar-refractivity contribution in [2.75, 3.05) is 7.11 Å². The van der Waals surface area contributed by atoms with E-state index in [4.69, 9.17) is 10.6 Å². The van der Waals surface area contributed by atoms with Crippen LogP contribution in [0.3, 0.4) is 0 Å². The van der Waals surface area contributed by atoms with Crippen LogP contribution >= 0.6 is 0 Å². The second-order valence-electron chi connectivity index (χ2n) is 6.50. The first kappa shape index (κ1) is 13.9. The van der Waals surface area contributed by atoms with Crippen LogP contribution in [0.25, 0.3) is 0 Å². The molecule has 3 N–H and O–H groups in total. The van der Waals surface area contributed by atoms with Crippen molar-refractivity contribution >= 4 is 0 Å². The summed E-state index contributed by atoms with van der Waals surface area (Å²) in [5.41, 5.74) is 4.47. The summed E-state index contributed by atoms with van der Waals surface area (Å²) >= 11 is 0. The van der Waals surface area contributed by atoms with E-state index < -0.39 is 0 Å². The van der Waals surface area contributed by atoms with Gasteiger partial charge in [0.1, 0.15) is 5.75 Å². The van der Waals surface area contributed by atoms with Gasteiger partial charge in [-0.3, -0.25) is 11.3 Å². The van der Waals surface area contributed by atoms with Crippen LogP contribution in [-0.4, -0.2) is 13.2 Å².